The van der Waals surface area contributed by atoms with Crippen LogP contribution >= 0.6 is 0 Å². The molecule has 0 radical (unpaired) electrons. The third kappa shape index (κ3) is 6.89. The number of nitrogens with one attached hydrogen (secondary N) is 4. The molecule has 3 aromatic rings. The summed E-state index contributed by atoms with van der Waals surface area (Å²) in [5, 5.41) is 14.5. The topological polar surface area (TPSA) is 142 Å². The number of pyridine rings is 1. The van der Waals surface area contributed by atoms with E-state index in [1.165, 1.54) is 19.4 Å². The number of rotatable bonds is 9. The molecular weight excluding hydrogens is 486 g/mol. The number of nitrogens with zero attached hydrogens (tertiary/aromatic N) is 3. The third-order valence-corrected chi connectivity index (χ3v) is 5.41. The summed E-state index contributed by atoms with van der Waals surface area (Å²) in [7, 11) is 1.45. The van der Waals surface area contributed by atoms with Crippen LogP contribution < -0.4 is 31.0 Å². The Balaban J connectivity index is 1.67. The fourth-order valence-corrected chi connectivity index (χ4v) is 3.48. The van der Waals surface area contributed by atoms with Gasteiger partial charge in [0.1, 0.15) is 17.3 Å². The number of aromatic nitrogens is 1. The second-order valence-corrected chi connectivity index (χ2v) is 8.20. The summed E-state index contributed by atoms with van der Waals surface area (Å²) in [5.74, 6) is 0.840. The highest BCUT2D eigenvalue weighted by molar-refractivity contribution is 5.97. The molecular formula is C27H27N7O4. The summed E-state index contributed by atoms with van der Waals surface area (Å²) in [6, 6.07) is 13.1. The van der Waals surface area contributed by atoms with Crippen LogP contribution in [0.15, 0.2) is 48.7 Å². The minimum atomic E-state index is -0.720. The summed E-state index contributed by atoms with van der Waals surface area (Å²) < 4.78 is 11.3. The monoisotopic (exact) mass is 513 g/mol. The molecule has 0 aliphatic heterocycles. The number of urea groups is 1. The third-order valence-electron chi connectivity index (χ3n) is 5.41. The molecule has 3 amide bonds. The van der Waals surface area contributed by atoms with E-state index in [2.05, 4.69) is 31.3 Å². The highest BCUT2D eigenvalue weighted by Crippen LogP contribution is 2.28. The lowest BCUT2D eigenvalue weighted by Crippen LogP contribution is -2.34. The summed E-state index contributed by atoms with van der Waals surface area (Å²) in [6.45, 7) is 12.9. The first kappa shape index (κ1) is 27.3. The average molecular weight is 514 g/mol. The summed E-state index contributed by atoms with van der Waals surface area (Å²) in [6.07, 6.45) is 0.966. The molecule has 1 heterocycles. The predicted octanol–water partition coefficient (Wildman–Crippen LogP) is 5.07. The highest BCUT2D eigenvalue weighted by atomic mass is 16.5. The Hall–Kier alpha value is -5.29. The number of amides is 3. The number of nitriles is 1. The number of carbonyl (C=O) groups is 2. The summed E-state index contributed by atoms with van der Waals surface area (Å²) >= 11 is 0. The largest absolute Gasteiger partial charge is 0.495 e. The Morgan fingerprint density at radius 3 is 2.55 bits per heavy atom. The minimum absolute atomic E-state index is 0.101. The number of benzene rings is 2. The van der Waals surface area contributed by atoms with Crippen molar-refractivity contribution in [3.05, 3.63) is 76.8 Å². The van der Waals surface area contributed by atoms with Gasteiger partial charge in [0.2, 0.25) is 5.69 Å². The van der Waals surface area contributed by atoms with Crippen molar-refractivity contribution in [1.29, 1.82) is 5.26 Å². The lowest BCUT2D eigenvalue weighted by Gasteiger charge is -2.19. The Labute approximate surface area is 220 Å². The molecule has 0 bridgehead atoms. The van der Waals surface area contributed by atoms with Gasteiger partial charge in [0.15, 0.2) is 6.10 Å². The normalized spacial score (nSPS) is 10.8. The van der Waals surface area contributed by atoms with Crippen LogP contribution in [0.5, 0.6) is 11.5 Å². The van der Waals surface area contributed by atoms with Crippen molar-refractivity contribution in [2.45, 2.75) is 33.3 Å². The van der Waals surface area contributed by atoms with Gasteiger partial charge in [0.05, 0.1) is 31.0 Å². The van der Waals surface area contributed by atoms with E-state index in [1.807, 2.05) is 45.0 Å². The first-order valence-corrected chi connectivity index (χ1v) is 11.6. The molecule has 1 aromatic heterocycles. The smallest absolute Gasteiger partial charge is 0.338 e. The van der Waals surface area contributed by atoms with Gasteiger partial charge in [-0.1, -0.05) is 24.6 Å². The van der Waals surface area contributed by atoms with Crippen LogP contribution in [0.2, 0.25) is 0 Å². The zero-order valence-electron chi connectivity index (χ0n) is 21.4. The first-order chi connectivity index (χ1) is 18.3. The van der Waals surface area contributed by atoms with Crippen LogP contribution in [0.4, 0.5) is 27.7 Å². The zero-order chi connectivity index (χ0) is 27.7. The van der Waals surface area contributed by atoms with E-state index in [0.29, 0.717) is 29.3 Å². The first-order valence-electron chi connectivity index (χ1n) is 11.6. The number of hydrogen-bond acceptors (Lipinski definition) is 7. The second kappa shape index (κ2) is 12.6. The number of aryl methyl sites for hydroxylation is 2. The van der Waals surface area contributed by atoms with Crippen molar-refractivity contribution in [2.75, 3.05) is 23.2 Å². The maximum Gasteiger partial charge on any atom is 0.338 e. The standard InChI is InChI=1S/C27H27N7O4/c1-6-22(38-23-9-7-16(2)11-17(23)3)26(35)31-19-8-10-24(37-5)21(12-19)32-27(36)34-33-25-13-20(29-4)18(14-28)15-30-25/h7-13,15,22H,6H2,1-3,5H3,(H,30,33)(H,31,35)(H2,32,34,36). The molecule has 0 saturated heterocycles. The van der Waals surface area contributed by atoms with Gasteiger partial charge in [-0.3, -0.25) is 15.6 Å². The van der Waals surface area contributed by atoms with Crippen LogP contribution in [0, 0.1) is 31.8 Å². The van der Waals surface area contributed by atoms with E-state index >= 15 is 0 Å². The molecule has 0 saturated carbocycles. The van der Waals surface area contributed by atoms with Gasteiger partial charge in [-0.2, -0.15) is 5.26 Å². The molecule has 0 aliphatic carbocycles. The molecule has 1 unspecified atom stereocenters. The van der Waals surface area contributed by atoms with Gasteiger partial charge in [0.25, 0.3) is 5.91 Å². The molecule has 11 nitrogen and oxygen atoms in total. The van der Waals surface area contributed by atoms with Crippen molar-refractivity contribution in [3.63, 3.8) is 0 Å². The van der Waals surface area contributed by atoms with Crippen molar-refractivity contribution < 1.29 is 19.1 Å². The van der Waals surface area contributed by atoms with E-state index in [9.17, 15) is 9.59 Å². The summed E-state index contributed by atoms with van der Waals surface area (Å²) in [5.41, 5.74) is 7.97. The maximum atomic E-state index is 12.9. The Morgan fingerprint density at radius 2 is 1.89 bits per heavy atom. The van der Waals surface area contributed by atoms with Gasteiger partial charge in [-0.15, -0.1) is 0 Å². The zero-order valence-corrected chi connectivity index (χ0v) is 21.4. The van der Waals surface area contributed by atoms with Crippen LogP contribution in [0.25, 0.3) is 4.85 Å². The van der Waals surface area contributed by atoms with E-state index < -0.39 is 12.1 Å². The molecule has 3 rings (SSSR count). The number of methoxy groups -OCH3 is 1. The summed E-state index contributed by atoms with van der Waals surface area (Å²) in [4.78, 5) is 32.7. The SMILES string of the molecule is [C-]#[N+]c1cc(NNC(=O)Nc2cc(NC(=O)C(CC)Oc3ccc(C)cc3C)ccc2OC)ncc1C#N. The molecule has 1 atom stereocenters. The Bertz CT molecular complexity index is 1430. The van der Waals surface area contributed by atoms with Crippen molar-refractivity contribution in [1.82, 2.24) is 10.4 Å². The molecule has 2 aromatic carbocycles. The molecule has 0 aliphatic rings. The number of hydrazine groups is 1. The van der Waals surface area contributed by atoms with Crippen LogP contribution in [-0.2, 0) is 4.79 Å². The van der Waals surface area contributed by atoms with Crippen molar-refractivity contribution in [2.24, 2.45) is 0 Å². The minimum Gasteiger partial charge on any atom is -0.495 e. The molecule has 11 heteroatoms. The number of hydrogen-bond donors (Lipinski definition) is 4. The van der Waals surface area contributed by atoms with Crippen LogP contribution in [0.3, 0.4) is 0 Å². The van der Waals surface area contributed by atoms with E-state index in [-0.39, 0.29) is 23.0 Å². The number of anilines is 3. The van der Waals surface area contributed by atoms with Crippen LogP contribution in [0.1, 0.15) is 30.0 Å². The van der Waals surface area contributed by atoms with Gasteiger partial charge >= 0.3 is 6.03 Å². The fourth-order valence-electron chi connectivity index (χ4n) is 3.48. The number of carbonyl (C=O) groups excluding carboxylic acids is 2. The highest BCUT2D eigenvalue weighted by Gasteiger charge is 2.20. The van der Waals surface area contributed by atoms with E-state index in [1.54, 1.807) is 18.2 Å². The molecule has 0 fully saturated rings. The maximum absolute atomic E-state index is 12.9. The second-order valence-electron chi connectivity index (χ2n) is 8.20. The van der Waals surface area contributed by atoms with Gasteiger partial charge < -0.3 is 20.1 Å². The number of ether oxygens (including phenoxy) is 2. The predicted molar refractivity (Wildman–Crippen MR) is 143 cm³/mol. The molecule has 38 heavy (non-hydrogen) atoms. The van der Waals surface area contributed by atoms with E-state index in [0.717, 1.165) is 11.1 Å². The van der Waals surface area contributed by atoms with E-state index in [4.69, 9.17) is 21.3 Å². The molecule has 194 valence electrons. The Kier molecular flexibility index (Phi) is 9.06. The van der Waals surface area contributed by atoms with Crippen LogP contribution in [-0.4, -0.2) is 30.1 Å². The van der Waals surface area contributed by atoms with Crippen molar-refractivity contribution in [3.8, 4) is 17.6 Å². The lowest BCUT2D eigenvalue weighted by molar-refractivity contribution is -0.122. The fraction of sp³-hybridized carbons (Fsp3) is 0.222. The lowest BCUT2D eigenvalue weighted by atomic mass is 10.1. The van der Waals surface area contributed by atoms with Gasteiger partial charge in [0, 0.05) is 11.9 Å². The van der Waals surface area contributed by atoms with Gasteiger partial charge in [-0.25, -0.2) is 14.6 Å². The van der Waals surface area contributed by atoms with Crippen molar-refractivity contribution >= 4 is 34.8 Å². The average Bonchev–Trinajstić information content (AvgIpc) is 2.91. The Morgan fingerprint density at radius 1 is 1.13 bits per heavy atom. The quantitative estimate of drug-likeness (QED) is 0.231. The van der Waals surface area contributed by atoms with Gasteiger partial charge in [-0.05, 0) is 56.2 Å². The molecule has 0 spiro atoms. The molecule has 4 N–H and O–H groups in total.